The van der Waals surface area contributed by atoms with Crippen molar-refractivity contribution in [2.24, 2.45) is 0 Å². The van der Waals surface area contributed by atoms with Crippen LogP contribution in [0.4, 0.5) is 5.13 Å². The first-order valence-electron chi connectivity index (χ1n) is 7.37. The molecule has 0 atom stereocenters. The largest absolute Gasteiger partial charge is 0.494 e. The van der Waals surface area contributed by atoms with Gasteiger partial charge >= 0.3 is 0 Å². The zero-order valence-electron chi connectivity index (χ0n) is 12.8. The number of fused-ring (bicyclic) bond motifs is 2. The van der Waals surface area contributed by atoms with E-state index in [4.69, 9.17) is 4.74 Å². The maximum atomic E-state index is 12.5. The first kappa shape index (κ1) is 14.6. The lowest BCUT2D eigenvalue weighted by Crippen LogP contribution is -2.11. The van der Waals surface area contributed by atoms with Crippen molar-refractivity contribution < 1.29 is 9.53 Å². The number of ether oxygens (including phenoxy) is 1. The molecule has 0 saturated carbocycles. The van der Waals surface area contributed by atoms with Gasteiger partial charge in [0, 0.05) is 12.4 Å². The third-order valence-electron chi connectivity index (χ3n) is 3.42. The molecule has 0 spiro atoms. The Hall–Kier alpha value is -3.00. The average molecular weight is 339 g/mol. The molecule has 7 nitrogen and oxygen atoms in total. The Morgan fingerprint density at radius 1 is 1.42 bits per heavy atom. The summed E-state index contributed by atoms with van der Waals surface area (Å²) >= 11 is 1.40. The van der Waals surface area contributed by atoms with Gasteiger partial charge in [-0.25, -0.2) is 14.5 Å². The topological polar surface area (TPSA) is 81.4 Å². The van der Waals surface area contributed by atoms with E-state index in [-0.39, 0.29) is 5.91 Å². The summed E-state index contributed by atoms with van der Waals surface area (Å²) in [5.41, 5.74) is 1.73. The van der Waals surface area contributed by atoms with Crippen molar-refractivity contribution in [2.75, 3.05) is 11.9 Å². The van der Waals surface area contributed by atoms with E-state index >= 15 is 0 Å². The highest BCUT2D eigenvalue weighted by atomic mass is 32.1. The normalized spacial score (nSPS) is 11.0. The van der Waals surface area contributed by atoms with E-state index in [1.54, 1.807) is 23.0 Å². The number of aromatic nitrogens is 4. The molecule has 1 aromatic carbocycles. The van der Waals surface area contributed by atoms with Gasteiger partial charge in [0.25, 0.3) is 5.91 Å². The molecule has 4 aromatic rings. The number of thiazole rings is 1. The van der Waals surface area contributed by atoms with Crippen LogP contribution in [0.3, 0.4) is 0 Å². The van der Waals surface area contributed by atoms with Crippen LogP contribution in [0, 0.1) is 0 Å². The van der Waals surface area contributed by atoms with Gasteiger partial charge in [0.1, 0.15) is 11.3 Å². The van der Waals surface area contributed by atoms with Crippen molar-refractivity contribution in [1.82, 2.24) is 19.6 Å². The van der Waals surface area contributed by atoms with Crippen molar-refractivity contribution in [1.29, 1.82) is 0 Å². The van der Waals surface area contributed by atoms with Gasteiger partial charge in [-0.05, 0) is 31.2 Å². The molecule has 8 heteroatoms. The molecular formula is C16H13N5O2S. The highest BCUT2D eigenvalue weighted by Crippen LogP contribution is 2.29. The quantitative estimate of drug-likeness (QED) is 0.618. The summed E-state index contributed by atoms with van der Waals surface area (Å²) in [6.45, 7) is 2.54. The number of nitrogens with zero attached hydrogens (tertiary/aromatic N) is 4. The summed E-state index contributed by atoms with van der Waals surface area (Å²) < 4.78 is 7.99. The van der Waals surface area contributed by atoms with Crippen molar-refractivity contribution >= 4 is 38.2 Å². The van der Waals surface area contributed by atoms with Crippen LogP contribution >= 0.6 is 11.3 Å². The molecule has 120 valence electrons. The average Bonchev–Trinajstić information content (AvgIpc) is 3.18. The van der Waals surface area contributed by atoms with E-state index in [1.807, 2.05) is 25.1 Å². The van der Waals surface area contributed by atoms with E-state index in [0.717, 1.165) is 16.0 Å². The van der Waals surface area contributed by atoms with Gasteiger partial charge in [0.15, 0.2) is 10.8 Å². The molecule has 0 aliphatic carbocycles. The SMILES string of the molecule is CCOc1ccc2nc(NC(=O)c3cnn4cccnc34)sc2c1. The number of nitrogens with one attached hydrogen (secondary N) is 1. The molecule has 1 amide bonds. The van der Waals surface area contributed by atoms with Crippen molar-refractivity contribution in [3.63, 3.8) is 0 Å². The van der Waals surface area contributed by atoms with Crippen LogP contribution in [0.15, 0.2) is 42.9 Å². The number of carbonyl (C=O) groups excluding carboxylic acids is 1. The number of carbonyl (C=O) groups is 1. The molecule has 3 aromatic heterocycles. The van der Waals surface area contributed by atoms with Crippen LogP contribution in [0.1, 0.15) is 17.3 Å². The Labute approximate surface area is 140 Å². The van der Waals surface area contributed by atoms with Crippen LogP contribution in [0.5, 0.6) is 5.75 Å². The molecule has 4 rings (SSSR count). The summed E-state index contributed by atoms with van der Waals surface area (Å²) in [5.74, 6) is 0.506. The van der Waals surface area contributed by atoms with Crippen LogP contribution in [0.2, 0.25) is 0 Å². The van der Waals surface area contributed by atoms with Gasteiger partial charge < -0.3 is 4.74 Å². The fourth-order valence-electron chi connectivity index (χ4n) is 2.37. The molecule has 24 heavy (non-hydrogen) atoms. The smallest absolute Gasteiger partial charge is 0.262 e. The minimum absolute atomic E-state index is 0.284. The molecule has 0 aliphatic heterocycles. The summed E-state index contributed by atoms with van der Waals surface area (Å²) in [4.78, 5) is 21.1. The summed E-state index contributed by atoms with van der Waals surface area (Å²) in [6.07, 6.45) is 4.87. The highest BCUT2D eigenvalue weighted by molar-refractivity contribution is 7.22. The molecule has 0 saturated heterocycles. The van der Waals surface area contributed by atoms with Crippen molar-refractivity contribution in [3.05, 3.63) is 48.4 Å². The fraction of sp³-hybridized carbons (Fsp3) is 0.125. The van der Waals surface area contributed by atoms with E-state index in [9.17, 15) is 4.79 Å². The Balaban J connectivity index is 1.62. The molecule has 0 aliphatic rings. The van der Waals surface area contributed by atoms with Crippen molar-refractivity contribution in [2.45, 2.75) is 6.92 Å². The third kappa shape index (κ3) is 2.56. The molecule has 0 bridgehead atoms. The Morgan fingerprint density at radius 3 is 3.21 bits per heavy atom. The zero-order valence-corrected chi connectivity index (χ0v) is 13.6. The fourth-order valence-corrected chi connectivity index (χ4v) is 3.26. The minimum Gasteiger partial charge on any atom is -0.494 e. The number of rotatable bonds is 4. The van der Waals surface area contributed by atoms with Crippen LogP contribution in [-0.2, 0) is 0 Å². The Kier molecular flexibility index (Phi) is 3.58. The van der Waals surface area contributed by atoms with Crippen LogP contribution in [0.25, 0.3) is 15.9 Å². The van der Waals surface area contributed by atoms with Gasteiger partial charge in [0.05, 0.1) is 23.0 Å². The lowest BCUT2D eigenvalue weighted by atomic mass is 10.3. The minimum atomic E-state index is -0.284. The van der Waals surface area contributed by atoms with Gasteiger partial charge in [-0.15, -0.1) is 0 Å². The molecular weight excluding hydrogens is 326 g/mol. The zero-order chi connectivity index (χ0) is 16.5. The van der Waals surface area contributed by atoms with Crippen molar-refractivity contribution in [3.8, 4) is 5.75 Å². The predicted molar refractivity (Wildman–Crippen MR) is 91.7 cm³/mol. The van der Waals surface area contributed by atoms with E-state index in [2.05, 4.69) is 20.4 Å². The lowest BCUT2D eigenvalue weighted by molar-refractivity contribution is 0.102. The second kappa shape index (κ2) is 5.89. The number of amides is 1. The standard InChI is InChI=1S/C16H13N5O2S/c1-2-23-10-4-5-12-13(8-10)24-16(19-12)20-15(22)11-9-18-21-7-3-6-17-14(11)21/h3-9H,2H2,1H3,(H,19,20,22). The second-order valence-electron chi connectivity index (χ2n) is 4.98. The monoisotopic (exact) mass is 339 g/mol. The molecule has 0 radical (unpaired) electrons. The number of hydrogen-bond donors (Lipinski definition) is 1. The number of anilines is 1. The Morgan fingerprint density at radius 2 is 2.33 bits per heavy atom. The first-order chi connectivity index (χ1) is 11.7. The molecule has 0 unspecified atom stereocenters. The second-order valence-corrected chi connectivity index (χ2v) is 6.01. The highest BCUT2D eigenvalue weighted by Gasteiger charge is 2.15. The lowest BCUT2D eigenvalue weighted by Gasteiger charge is -2.00. The van der Waals surface area contributed by atoms with Gasteiger partial charge in [0.2, 0.25) is 0 Å². The van der Waals surface area contributed by atoms with E-state index in [0.29, 0.717) is 22.9 Å². The molecule has 3 heterocycles. The summed E-state index contributed by atoms with van der Waals surface area (Å²) in [7, 11) is 0. The summed E-state index contributed by atoms with van der Waals surface area (Å²) in [5, 5.41) is 7.45. The summed E-state index contributed by atoms with van der Waals surface area (Å²) in [6, 6.07) is 7.42. The van der Waals surface area contributed by atoms with Gasteiger partial charge in [-0.1, -0.05) is 11.3 Å². The van der Waals surface area contributed by atoms with E-state index < -0.39 is 0 Å². The maximum Gasteiger partial charge on any atom is 0.262 e. The van der Waals surface area contributed by atoms with Gasteiger partial charge in [-0.2, -0.15) is 5.10 Å². The van der Waals surface area contributed by atoms with Gasteiger partial charge in [-0.3, -0.25) is 10.1 Å². The molecule has 0 fully saturated rings. The van der Waals surface area contributed by atoms with E-state index in [1.165, 1.54) is 17.5 Å². The van der Waals surface area contributed by atoms with Crippen LogP contribution in [-0.4, -0.2) is 32.1 Å². The number of benzene rings is 1. The Bertz CT molecular complexity index is 1040. The third-order valence-corrected chi connectivity index (χ3v) is 4.35. The first-order valence-corrected chi connectivity index (χ1v) is 8.19. The van der Waals surface area contributed by atoms with Crippen LogP contribution < -0.4 is 10.1 Å². The maximum absolute atomic E-state index is 12.5. The number of hydrogen-bond acceptors (Lipinski definition) is 6. The predicted octanol–water partition coefficient (Wildman–Crippen LogP) is 2.99. The molecule has 1 N–H and O–H groups in total.